The van der Waals surface area contributed by atoms with E-state index in [1.165, 1.54) is 12.8 Å². The van der Waals surface area contributed by atoms with Gasteiger partial charge in [-0.25, -0.2) is 4.79 Å². The second kappa shape index (κ2) is 11.9. The molecule has 2 N–H and O–H groups in total. The Morgan fingerprint density at radius 2 is 1.62 bits per heavy atom. The zero-order valence-corrected chi connectivity index (χ0v) is 18.9. The maximum Gasteiger partial charge on any atom is 0.314 e. The van der Waals surface area contributed by atoms with Crippen molar-refractivity contribution in [2.75, 3.05) is 20.2 Å². The fraction of sp³-hybridized carbons (Fsp3) is 0.333. The van der Waals surface area contributed by atoms with Crippen LogP contribution in [0.15, 0.2) is 60.7 Å². The van der Waals surface area contributed by atoms with Crippen LogP contribution in [0.1, 0.15) is 54.1 Å². The standard InChI is InChI=1S/C27H32N2O3/c1-3-4-5-9-15-28-27(31)29-16-14-22-18-23(26(30)20-10-7-6-8-11-20)17-21-12-13-24(32-2)19-25(21)22/h6-8,10-13,17-19H,3-5,9,14-16H2,1-2H3,(H2,28,29,31). The number of nitrogens with one attached hydrogen (secondary N) is 2. The van der Waals surface area contributed by atoms with E-state index in [9.17, 15) is 9.59 Å². The van der Waals surface area contributed by atoms with Gasteiger partial charge in [-0.3, -0.25) is 4.79 Å². The first-order valence-corrected chi connectivity index (χ1v) is 11.3. The molecule has 32 heavy (non-hydrogen) atoms. The van der Waals surface area contributed by atoms with E-state index in [0.717, 1.165) is 34.9 Å². The second-order valence-electron chi connectivity index (χ2n) is 7.91. The highest BCUT2D eigenvalue weighted by molar-refractivity contribution is 6.11. The average Bonchev–Trinajstić information content (AvgIpc) is 2.83. The van der Waals surface area contributed by atoms with Crippen LogP contribution < -0.4 is 15.4 Å². The lowest BCUT2D eigenvalue weighted by Gasteiger charge is -2.13. The van der Waals surface area contributed by atoms with Gasteiger partial charge in [0.2, 0.25) is 0 Å². The summed E-state index contributed by atoms with van der Waals surface area (Å²) in [5.74, 6) is 0.751. The zero-order valence-electron chi connectivity index (χ0n) is 18.9. The first-order chi connectivity index (χ1) is 15.6. The maximum atomic E-state index is 13.0. The van der Waals surface area contributed by atoms with Crippen LogP contribution in [0.25, 0.3) is 10.8 Å². The van der Waals surface area contributed by atoms with Gasteiger partial charge in [0.15, 0.2) is 5.78 Å². The molecule has 0 bridgehead atoms. The maximum absolute atomic E-state index is 13.0. The first kappa shape index (κ1) is 23.3. The third-order valence-electron chi connectivity index (χ3n) is 5.54. The number of benzene rings is 3. The van der Waals surface area contributed by atoms with E-state index in [1.54, 1.807) is 7.11 Å². The topological polar surface area (TPSA) is 67.4 Å². The van der Waals surface area contributed by atoms with Crippen LogP contribution in [0.2, 0.25) is 0 Å². The van der Waals surface area contributed by atoms with Gasteiger partial charge in [-0.15, -0.1) is 0 Å². The minimum atomic E-state index is -0.153. The van der Waals surface area contributed by atoms with E-state index < -0.39 is 0 Å². The number of ketones is 1. The lowest BCUT2D eigenvalue weighted by atomic mass is 9.94. The Bertz CT molecular complexity index is 1050. The molecule has 2 amide bonds. The van der Waals surface area contributed by atoms with Gasteiger partial charge in [-0.2, -0.15) is 0 Å². The summed E-state index contributed by atoms with van der Waals surface area (Å²) in [6.07, 6.45) is 5.11. The summed E-state index contributed by atoms with van der Waals surface area (Å²) in [5, 5.41) is 7.84. The number of amides is 2. The number of rotatable bonds is 11. The van der Waals surface area contributed by atoms with Crippen LogP contribution >= 0.6 is 0 Å². The third kappa shape index (κ3) is 6.33. The van der Waals surface area contributed by atoms with Crippen LogP contribution in [0.5, 0.6) is 5.75 Å². The van der Waals surface area contributed by atoms with Crippen molar-refractivity contribution in [1.82, 2.24) is 10.6 Å². The summed E-state index contributed by atoms with van der Waals surface area (Å²) in [4.78, 5) is 25.1. The molecular weight excluding hydrogens is 400 g/mol. The zero-order chi connectivity index (χ0) is 22.8. The van der Waals surface area contributed by atoms with Crippen molar-refractivity contribution < 1.29 is 14.3 Å². The molecule has 0 unspecified atom stereocenters. The van der Waals surface area contributed by atoms with Crippen molar-refractivity contribution in [3.05, 3.63) is 77.4 Å². The van der Waals surface area contributed by atoms with Crippen LogP contribution in [-0.4, -0.2) is 32.0 Å². The predicted octanol–water partition coefficient (Wildman–Crippen LogP) is 5.50. The number of carbonyl (C=O) groups excluding carboxylic acids is 2. The van der Waals surface area contributed by atoms with Crippen LogP contribution in [0.3, 0.4) is 0 Å². The van der Waals surface area contributed by atoms with Crippen molar-refractivity contribution >= 4 is 22.6 Å². The SMILES string of the molecule is CCCCCCNC(=O)NCCc1cc(C(=O)c2ccccc2)cc2ccc(OC)cc12. The number of fused-ring (bicyclic) bond motifs is 1. The number of hydrogen-bond acceptors (Lipinski definition) is 3. The molecule has 0 aliphatic heterocycles. The molecule has 5 nitrogen and oxygen atoms in total. The van der Waals surface area contributed by atoms with E-state index in [4.69, 9.17) is 4.74 Å². The fourth-order valence-electron chi connectivity index (χ4n) is 3.76. The molecule has 0 fully saturated rings. The molecule has 0 aliphatic carbocycles. The highest BCUT2D eigenvalue weighted by atomic mass is 16.5. The Labute approximate surface area is 190 Å². The Morgan fingerprint density at radius 1 is 0.844 bits per heavy atom. The Morgan fingerprint density at radius 3 is 2.38 bits per heavy atom. The van der Waals surface area contributed by atoms with Gasteiger partial charge >= 0.3 is 6.03 Å². The normalized spacial score (nSPS) is 10.7. The molecule has 168 valence electrons. The van der Waals surface area contributed by atoms with Gasteiger partial charge in [-0.1, -0.05) is 62.6 Å². The quantitative estimate of drug-likeness (QED) is 0.310. The van der Waals surface area contributed by atoms with E-state index in [2.05, 4.69) is 17.6 Å². The molecule has 0 heterocycles. The van der Waals surface area contributed by atoms with E-state index in [0.29, 0.717) is 30.6 Å². The Balaban J connectivity index is 1.73. The minimum Gasteiger partial charge on any atom is -0.497 e. The molecule has 3 rings (SSSR count). The smallest absolute Gasteiger partial charge is 0.314 e. The van der Waals surface area contributed by atoms with Crippen molar-refractivity contribution in [2.45, 2.75) is 39.0 Å². The highest BCUT2D eigenvalue weighted by Crippen LogP contribution is 2.27. The monoisotopic (exact) mass is 432 g/mol. The van der Waals surface area contributed by atoms with Crippen molar-refractivity contribution in [1.29, 1.82) is 0 Å². The van der Waals surface area contributed by atoms with Crippen molar-refractivity contribution in [3.8, 4) is 5.75 Å². The summed E-state index contributed by atoms with van der Waals surface area (Å²) in [6, 6.07) is 18.8. The average molecular weight is 433 g/mol. The highest BCUT2D eigenvalue weighted by Gasteiger charge is 2.13. The Hall–Kier alpha value is -3.34. The molecule has 3 aromatic rings. The summed E-state index contributed by atoms with van der Waals surface area (Å²) in [7, 11) is 1.64. The molecule has 0 atom stereocenters. The fourth-order valence-corrected chi connectivity index (χ4v) is 3.76. The minimum absolute atomic E-state index is 0.0117. The van der Waals surface area contributed by atoms with Gasteiger partial charge < -0.3 is 15.4 Å². The van der Waals surface area contributed by atoms with E-state index in [1.807, 2.05) is 60.7 Å². The number of carbonyl (C=O) groups is 2. The van der Waals surface area contributed by atoms with E-state index >= 15 is 0 Å². The van der Waals surface area contributed by atoms with Crippen LogP contribution in [0.4, 0.5) is 4.79 Å². The molecule has 0 aliphatic rings. The van der Waals surface area contributed by atoms with Crippen molar-refractivity contribution in [3.63, 3.8) is 0 Å². The lowest BCUT2D eigenvalue weighted by Crippen LogP contribution is -2.37. The molecular formula is C27H32N2O3. The molecule has 0 aromatic heterocycles. The van der Waals surface area contributed by atoms with Gasteiger partial charge in [0, 0.05) is 24.2 Å². The summed E-state index contributed by atoms with van der Waals surface area (Å²) >= 11 is 0. The predicted molar refractivity (Wildman–Crippen MR) is 130 cm³/mol. The number of urea groups is 1. The first-order valence-electron chi connectivity index (χ1n) is 11.3. The summed E-state index contributed by atoms with van der Waals surface area (Å²) in [5.41, 5.74) is 2.31. The van der Waals surface area contributed by atoms with Gasteiger partial charge in [0.25, 0.3) is 0 Å². The van der Waals surface area contributed by atoms with Gasteiger partial charge in [-0.05, 0) is 53.4 Å². The van der Waals surface area contributed by atoms with Crippen molar-refractivity contribution in [2.24, 2.45) is 0 Å². The van der Waals surface area contributed by atoms with Gasteiger partial charge in [0.1, 0.15) is 5.75 Å². The van der Waals surface area contributed by atoms with Gasteiger partial charge in [0.05, 0.1) is 7.11 Å². The summed E-state index contributed by atoms with van der Waals surface area (Å²) in [6.45, 7) is 3.34. The molecule has 5 heteroatoms. The van der Waals surface area contributed by atoms with E-state index in [-0.39, 0.29) is 11.8 Å². The van der Waals surface area contributed by atoms with Crippen LogP contribution in [0, 0.1) is 0 Å². The number of ether oxygens (including phenoxy) is 1. The third-order valence-corrected chi connectivity index (χ3v) is 5.54. The molecule has 3 aromatic carbocycles. The molecule has 0 saturated carbocycles. The molecule has 0 spiro atoms. The summed E-state index contributed by atoms with van der Waals surface area (Å²) < 4.78 is 5.39. The number of methoxy groups -OCH3 is 1. The Kier molecular flexibility index (Phi) is 8.67. The number of hydrogen-bond donors (Lipinski definition) is 2. The largest absolute Gasteiger partial charge is 0.497 e. The second-order valence-corrected chi connectivity index (χ2v) is 7.91. The molecule has 0 saturated heterocycles. The van der Waals surface area contributed by atoms with Crippen LogP contribution in [-0.2, 0) is 6.42 Å². The lowest BCUT2D eigenvalue weighted by molar-refractivity contribution is 0.103. The number of unbranched alkanes of at least 4 members (excludes halogenated alkanes) is 3. The molecule has 0 radical (unpaired) electrons.